The fraction of sp³-hybridized carbons (Fsp3) is 0.269. The van der Waals surface area contributed by atoms with E-state index in [1.807, 2.05) is 31.2 Å². The number of rotatable bonds is 7. The predicted octanol–water partition coefficient (Wildman–Crippen LogP) is 3.09. The molecule has 0 saturated carbocycles. The minimum Gasteiger partial charge on any atom is -0.450 e. The molecule has 1 saturated heterocycles. The van der Waals surface area contributed by atoms with Crippen LogP contribution in [-0.4, -0.2) is 82.2 Å². The van der Waals surface area contributed by atoms with Gasteiger partial charge in [0.15, 0.2) is 11.4 Å². The maximum absolute atomic E-state index is 13.2. The maximum Gasteiger partial charge on any atom is 0.324 e. The van der Waals surface area contributed by atoms with Crippen molar-refractivity contribution in [2.45, 2.75) is 6.92 Å². The molecule has 0 aliphatic carbocycles. The van der Waals surface area contributed by atoms with Crippen molar-refractivity contribution in [1.82, 2.24) is 33.4 Å². The highest BCUT2D eigenvalue weighted by molar-refractivity contribution is 7.87. The zero-order chi connectivity index (χ0) is 27.9. The van der Waals surface area contributed by atoms with Crippen LogP contribution in [0, 0.1) is 6.92 Å². The number of anilines is 3. The number of hydrogen-bond acceptors (Lipinski definition) is 11. The lowest BCUT2D eigenvalue weighted by Gasteiger charge is -2.27. The van der Waals surface area contributed by atoms with Crippen LogP contribution in [0.1, 0.15) is 5.69 Å². The lowest BCUT2D eigenvalue weighted by Crippen LogP contribution is -2.37. The van der Waals surface area contributed by atoms with Crippen LogP contribution >= 0.6 is 0 Å². The van der Waals surface area contributed by atoms with Crippen molar-refractivity contribution in [2.75, 3.05) is 50.6 Å². The van der Waals surface area contributed by atoms with Crippen LogP contribution in [0.15, 0.2) is 59.4 Å². The molecule has 1 N–H and O–H groups in total. The third kappa shape index (κ3) is 4.87. The number of ether oxygens (including phenoxy) is 1. The first-order valence-corrected chi connectivity index (χ1v) is 14.0. The van der Waals surface area contributed by atoms with E-state index in [1.165, 1.54) is 14.1 Å². The van der Waals surface area contributed by atoms with Gasteiger partial charge in [-0.15, -0.1) is 4.09 Å². The van der Waals surface area contributed by atoms with Crippen LogP contribution in [0.3, 0.4) is 0 Å². The third-order valence-electron chi connectivity index (χ3n) is 6.42. The van der Waals surface area contributed by atoms with Crippen LogP contribution < -0.4 is 10.2 Å². The van der Waals surface area contributed by atoms with Crippen molar-refractivity contribution in [3.63, 3.8) is 0 Å². The van der Waals surface area contributed by atoms with E-state index in [1.54, 1.807) is 30.7 Å². The zero-order valence-corrected chi connectivity index (χ0v) is 23.0. The van der Waals surface area contributed by atoms with E-state index in [0.717, 1.165) is 25.2 Å². The summed E-state index contributed by atoms with van der Waals surface area (Å²) < 4.78 is 40.3. The van der Waals surface area contributed by atoms with Crippen LogP contribution in [0.5, 0.6) is 0 Å². The van der Waals surface area contributed by atoms with E-state index in [0.29, 0.717) is 54.7 Å². The first-order chi connectivity index (χ1) is 19.3. The first-order valence-electron chi connectivity index (χ1n) is 12.6. The second-order valence-electron chi connectivity index (χ2n) is 9.39. The summed E-state index contributed by atoms with van der Waals surface area (Å²) in [6.45, 7) is 4.20. The van der Waals surface area contributed by atoms with Gasteiger partial charge in [0.2, 0.25) is 5.95 Å². The summed E-state index contributed by atoms with van der Waals surface area (Å²) in [6, 6.07) is 10.8. The average molecular weight is 562 g/mol. The number of pyridine rings is 2. The van der Waals surface area contributed by atoms with Gasteiger partial charge in [0.1, 0.15) is 17.1 Å². The van der Waals surface area contributed by atoms with Crippen molar-refractivity contribution in [3.8, 4) is 22.6 Å². The topological polar surface area (TPSA) is 144 Å². The molecule has 0 amide bonds. The Morgan fingerprint density at radius 3 is 2.45 bits per heavy atom. The van der Waals surface area contributed by atoms with E-state index in [4.69, 9.17) is 14.1 Å². The molecule has 206 valence electrons. The van der Waals surface area contributed by atoms with Gasteiger partial charge in [0.25, 0.3) is 0 Å². The summed E-state index contributed by atoms with van der Waals surface area (Å²) in [5.74, 6) is 1.59. The van der Waals surface area contributed by atoms with Crippen molar-refractivity contribution >= 4 is 38.9 Å². The molecule has 0 aromatic carbocycles. The highest BCUT2D eigenvalue weighted by atomic mass is 32.2. The summed E-state index contributed by atoms with van der Waals surface area (Å²) in [4.78, 5) is 19.8. The van der Waals surface area contributed by atoms with Crippen molar-refractivity contribution in [2.24, 2.45) is 0 Å². The van der Waals surface area contributed by atoms with Crippen LogP contribution in [-0.2, 0) is 14.9 Å². The van der Waals surface area contributed by atoms with E-state index < -0.39 is 10.2 Å². The highest BCUT2D eigenvalue weighted by Crippen LogP contribution is 2.34. The molecule has 0 spiro atoms. The molecule has 0 bridgehead atoms. The second kappa shape index (κ2) is 10.3. The number of morpholine rings is 1. The van der Waals surface area contributed by atoms with Crippen molar-refractivity contribution < 1.29 is 17.6 Å². The molecule has 5 aromatic heterocycles. The van der Waals surface area contributed by atoms with Crippen LogP contribution in [0.2, 0.25) is 0 Å². The summed E-state index contributed by atoms with van der Waals surface area (Å²) in [6.07, 6.45) is 5.04. The fourth-order valence-corrected chi connectivity index (χ4v) is 5.21. The Labute approximate surface area is 230 Å². The molecule has 1 fully saturated rings. The van der Waals surface area contributed by atoms with Gasteiger partial charge in [-0.05, 0) is 31.2 Å². The molecule has 1 aliphatic heterocycles. The third-order valence-corrected chi connectivity index (χ3v) is 8.06. The van der Waals surface area contributed by atoms with Crippen molar-refractivity contribution in [3.05, 3.63) is 60.7 Å². The minimum absolute atomic E-state index is 0.184. The molecular weight excluding hydrogens is 534 g/mol. The molecular formula is C26H27N9O4S. The van der Waals surface area contributed by atoms with Crippen LogP contribution in [0.4, 0.5) is 17.6 Å². The summed E-state index contributed by atoms with van der Waals surface area (Å²) in [5.41, 5.74) is 3.91. The number of nitrogens with zero attached hydrogens (tertiary/aromatic N) is 8. The van der Waals surface area contributed by atoms with Gasteiger partial charge in [-0.1, -0.05) is 0 Å². The summed E-state index contributed by atoms with van der Waals surface area (Å²) in [7, 11) is -1.08. The lowest BCUT2D eigenvalue weighted by molar-refractivity contribution is 0.122. The Morgan fingerprint density at radius 2 is 1.73 bits per heavy atom. The number of nitrogens with one attached hydrogen (secondary N) is 1. The molecule has 6 heterocycles. The lowest BCUT2D eigenvalue weighted by atomic mass is 10.2. The molecule has 6 rings (SSSR count). The largest absolute Gasteiger partial charge is 0.450 e. The Balaban J connectivity index is 1.47. The Kier molecular flexibility index (Phi) is 6.65. The Hall–Kier alpha value is -4.40. The smallest absolute Gasteiger partial charge is 0.324 e. The highest BCUT2D eigenvalue weighted by Gasteiger charge is 2.26. The number of aryl methyl sites for hydroxylation is 1. The van der Waals surface area contributed by atoms with Gasteiger partial charge < -0.3 is 19.4 Å². The summed E-state index contributed by atoms with van der Waals surface area (Å²) in [5, 5.41) is 7.53. The number of aromatic nitrogens is 6. The molecule has 5 aromatic rings. The van der Waals surface area contributed by atoms with Gasteiger partial charge in [0, 0.05) is 74.7 Å². The molecule has 40 heavy (non-hydrogen) atoms. The second-order valence-corrected chi connectivity index (χ2v) is 11.4. The first kappa shape index (κ1) is 25.9. The van der Waals surface area contributed by atoms with Gasteiger partial charge in [0.05, 0.1) is 18.9 Å². The van der Waals surface area contributed by atoms with Gasteiger partial charge in [-0.2, -0.15) is 22.8 Å². The monoisotopic (exact) mass is 561 g/mol. The van der Waals surface area contributed by atoms with E-state index in [2.05, 4.69) is 30.3 Å². The van der Waals surface area contributed by atoms with E-state index in [-0.39, 0.29) is 11.8 Å². The van der Waals surface area contributed by atoms with E-state index in [9.17, 15) is 8.42 Å². The predicted molar refractivity (Wildman–Crippen MR) is 150 cm³/mol. The zero-order valence-electron chi connectivity index (χ0n) is 22.1. The van der Waals surface area contributed by atoms with E-state index >= 15 is 0 Å². The quantitative estimate of drug-likeness (QED) is 0.313. The van der Waals surface area contributed by atoms with Gasteiger partial charge in [-0.25, -0.2) is 4.98 Å². The Morgan fingerprint density at radius 1 is 0.975 bits per heavy atom. The minimum atomic E-state index is -3.98. The van der Waals surface area contributed by atoms with Crippen LogP contribution in [0.25, 0.3) is 33.7 Å². The van der Waals surface area contributed by atoms with Gasteiger partial charge in [-0.3, -0.25) is 9.97 Å². The molecule has 13 nitrogen and oxygen atoms in total. The SMILES string of the molecule is Cc1cc(-c2cc(Nc3nc(N4CCOCC4)c4oc(-c5ccncc5)cc4n3)n(S(=O)(=O)N(C)C)n2)ccn1. The number of hydrogen-bond donors (Lipinski definition) is 1. The normalized spacial score (nSPS) is 14.2. The number of fused-ring (bicyclic) bond motifs is 1. The number of furan rings is 1. The standard InChI is InChI=1S/C26H27N9O4S/c1-17-14-19(6-9-28-17)20-16-23(35(32-20)40(36,37)33(2)3)30-26-29-21-15-22(18-4-7-27-8-5-18)39-24(21)25(31-26)34-10-12-38-13-11-34/h4-9,14-16H,10-13H2,1-3H3,(H,29,30,31). The maximum atomic E-state index is 13.2. The molecule has 0 unspecified atom stereocenters. The molecule has 0 atom stereocenters. The molecule has 14 heteroatoms. The Bertz CT molecular complexity index is 1780. The van der Waals surface area contributed by atoms with Gasteiger partial charge >= 0.3 is 10.2 Å². The van der Waals surface area contributed by atoms with Crippen molar-refractivity contribution in [1.29, 1.82) is 0 Å². The summed E-state index contributed by atoms with van der Waals surface area (Å²) >= 11 is 0. The fourth-order valence-electron chi connectivity index (χ4n) is 4.36. The molecule has 0 radical (unpaired) electrons. The average Bonchev–Trinajstić information content (AvgIpc) is 3.59. The molecule has 1 aliphatic rings.